The normalized spacial score (nSPS) is 12.6. The quantitative estimate of drug-likeness (QED) is 0.143. The van der Waals surface area contributed by atoms with E-state index in [1.165, 1.54) is 70.9 Å². The molecule has 0 bridgehead atoms. The second-order valence-corrected chi connectivity index (χ2v) is 16.2. The number of thiophene rings is 2. The summed E-state index contributed by atoms with van der Waals surface area (Å²) in [6, 6.07) is 17.4. The number of unbranched alkanes of at least 4 members (excludes halogenated alkanes) is 2. The van der Waals surface area contributed by atoms with Crippen LogP contribution in [0.25, 0.3) is 35.7 Å². The number of nitrogens with zero attached hydrogens (tertiary/aromatic N) is 2. The molecule has 4 heterocycles. The summed E-state index contributed by atoms with van der Waals surface area (Å²) in [6.07, 6.45) is 22.6. The van der Waals surface area contributed by atoms with Crippen molar-refractivity contribution in [1.29, 1.82) is 0 Å². The van der Waals surface area contributed by atoms with Gasteiger partial charge in [-0.05, 0) is 121 Å². The molecule has 4 heteroatoms. The number of rotatable bonds is 13. The highest BCUT2D eigenvalue weighted by Crippen LogP contribution is 2.27. The average molecular weight is 597 g/mol. The van der Waals surface area contributed by atoms with E-state index >= 15 is 0 Å². The highest BCUT2D eigenvalue weighted by atomic mass is 32.1. The number of hydrogen-bond donors (Lipinski definition) is 0. The molecular weight excluding hydrogens is 549 g/mol. The van der Waals surface area contributed by atoms with Gasteiger partial charge in [0.05, 0.1) is 11.4 Å². The molecule has 0 fully saturated rings. The maximum Gasteiger partial charge on any atom is 0.0892 e. The van der Waals surface area contributed by atoms with E-state index < -0.39 is 0 Å². The Morgan fingerprint density at radius 1 is 0.548 bits per heavy atom. The molecule has 0 radical (unpaired) electrons. The molecule has 0 saturated heterocycles. The van der Waals surface area contributed by atoms with E-state index in [1.807, 2.05) is 35.1 Å². The van der Waals surface area contributed by atoms with Crippen LogP contribution in [0.1, 0.15) is 111 Å². The first-order valence-corrected chi connectivity index (χ1v) is 17.1. The Morgan fingerprint density at radius 3 is 1.38 bits per heavy atom. The Bertz CT molecular complexity index is 1340. The van der Waals surface area contributed by atoms with Gasteiger partial charge < -0.3 is 0 Å². The number of aryl methyl sites for hydroxylation is 2. The van der Waals surface area contributed by atoms with Gasteiger partial charge in [0.2, 0.25) is 0 Å². The van der Waals surface area contributed by atoms with Gasteiger partial charge in [-0.25, -0.2) is 0 Å². The summed E-state index contributed by atoms with van der Waals surface area (Å²) >= 11 is 3.80. The number of hydrogen-bond acceptors (Lipinski definition) is 4. The Morgan fingerprint density at radius 2 is 0.976 bits per heavy atom. The van der Waals surface area contributed by atoms with Gasteiger partial charge in [0.15, 0.2) is 0 Å². The van der Waals surface area contributed by atoms with Crippen LogP contribution in [0.4, 0.5) is 0 Å². The van der Waals surface area contributed by atoms with Gasteiger partial charge in [-0.2, -0.15) is 0 Å². The summed E-state index contributed by atoms with van der Waals surface area (Å²) in [4.78, 5) is 14.8. The van der Waals surface area contributed by atoms with Crippen LogP contribution in [0.2, 0.25) is 0 Å². The molecule has 0 aliphatic heterocycles. The van der Waals surface area contributed by atoms with Crippen molar-refractivity contribution in [3.05, 3.63) is 91.6 Å². The van der Waals surface area contributed by atoms with Crippen LogP contribution < -0.4 is 0 Å². The van der Waals surface area contributed by atoms with Crippen molar-refractivity contribution < 1.29 is 0 Å². The van der Waals surface area contributed by atoms with Gasteiger partial charge in [-0.1, -0.05) is 66.5 Å². The van der Waals surface area contributed by atoms with Crippen molar-refractivity contribution in [2.75, 3.05) is 0 Å². The Hall–Kier alpha value is -2.82. The predicted octanol–water partition coefficient (Wildman–Crippen LogP) is 12.1. The molecule has 0 amide bonds. The Balaban J connectivity index is 1.32. The van der Waals surface area contributed by atoms with E-state index in [1.54, 1.807) is 0 Å². The molecule has 0 saturated carbocycles. The van der Waals surface area contributed by atoms with Crippen LogP contribution in [0.15, 0.2) is 60.9 Å². The molecule has 0 spiro atoms. The highest BCUT2D eigenvalue weighted by molar-refractivity contribution is 7.13. The van der Waals surface area contributed by atoms with E-state index in [9.17, 15) is 0 Å². The lowest BCUT2D eigenvalue weighted by Gasteiger charge is -2.17. The molecule has 0 aliphatic carbocycles. The standard InChI is InChI=1S/C38H48N2S2/c1-37(2,3)23-9-7-11-31-17-19-33(41-31)15-13-29-21-25-39-35(27-29)36-28-30(22-26-40-36)14-16-34-20-18-32(42-34)12-8-10-24-38(4,5)6/h13-22,25-28H,7-12,23-24H2,1-6H3. The zero-order valence-electron chi connectivity index (χ0n) is 26.5. The Labute approximate surface area is 262 Å². The first-order valence-electron chi connectivity index (χ1n) is 15.5. The maximum atomic E-state index is 4.63. The van der Waals surface area contributed by atoms with E-state index in [0.717, 1.165) is 22.5 Å². The molecule has 0 aliphatic rings. The molecule has 0 unspecified atom stereocenters. The molecule has 0 N–H and O–H groups in total. The summed E-state index contributed by atoms with van der Waals surface area (Å²) in [7, 11) is 0. The van der Waals surface area contributed by atoms with Gasteiger partial charge >= 0.3 is 0 Å². The zero-order chi connectivity index (χ0) is 30.0. The lowest BCUT2D eigenvalue weighted by Crippen LogP contribution is -2.04. The van der Waals surface area contributed by atoms with Crippen molar-refractivity contribution in [2.24, 2.45) is 10.8 Å². The summed E-state index contributed by atoms with van der Waals surface area (Å²) in [6.45, 7) is 14.0. The summed E-state index contributed by atoms with van der Waals surface area (Å²) in [5, 5.41) is 0. The lowest BCUT2D eigenvalue weighted by atomic mass is 9.89. The third-order valence-electron chi connectivity index (χ3n) is 7.28. The fourth-order valence-corrected chi connectivity index (χ4v) is 6.80. The molecular formula is C38H48N2S2. The smallest absolute Gasteiger partial charge is 0.0892 e. The minimum atomic E-state index is 0.431. The summed E-state index contributed by atoms with van der Waals surface area (Å²) in [5.41, 5.74) is 4.92. The van der Waals surface area contributed by atoms with Crippen LogP contribution in [0, 0.1) is 10.8 Å². The van der Waals surface area contributed by atoms with Gasteiger partial charge in [-0.3, -0.25) is 9.97 Å². The topological polar surface area (TPSA) is 25.8 Å². The molecule has 42 heavy (non-hydrogen) atoms. The third kappa shape index (κ3) is 11.5. The molecule has 222 valence electrons. The second-order valence-electron chi connectivity index (χ2n) is 13.8. The van der Waals surface area contributed by atoms with Crippen molar-refractivity contribution in [1.82, 2.24) is 9.97 Å². The van der Waals surface area contributed by atoms with Crippen LogP contribution in [0.3, 0.4) is 0 Å². The third-order valence-corrected chi connectivity index (χ3v) is 9.50. The van der Waals surface area contributed by atoms with E-state index in [0.29, 0.717) is 10.8 Å². The average Bonchev–Trinajstić information content (AvgIpc) is 3.60. The first-order chi connectivity index (χ1) is 20.0. The predicted molar refractivity (Wildman–Crippen MR) is 188 cm³/mol. The minimum Gasteiger partial charge on any atom is -0.255 e. The molecule has 4 aromatic heterocycles. The fourth-order valence-electron chi connectivity index (χ4n) is 4.88. The van der Waals surface area contributed by atoms with Gasteiger partial charge in [0.25, 0.3) is 0 Å². The Kier molecular flexibility index (Phi) is 11.5. The highest BCUT2D eigenvalue weighted by Gasteiger charge is 2.10. The fraction of sp³-hybridized carbons (Fsp3) is 0.421. The van der Waals surface area contributed by atoms with Crippen LogP contribution in [0.5, 0.6) is 0 Å². The minimum absolute atomic E-state index is 0.431. The molecule has 0 aromatic carbocycles. The van der Waals surface area contributed by atoms with Crippen LogP contribution >= 0.6 is 22.7 Å². The van der Waals surface area contributed by atoms with E-state index in [-0.39, 0.29) is 0 Å². The van der Waals surface area contributed by atoms with E-state index in [2.05, 4.69) is 124 Å². The monoisotopic (exact) mass is 596 g/mol. The number of pyridine rings is 2. The molecule has 2 nitrogen and oxygen atoms in total. The van der Waals surface area contributed by atoms with Crippen molar-refractivity contribution in [3.63, 3.8) is 0 Å². The summed E-state index contributed by atoms with van der Waals surface area (Å²) in [5.74, 6) is 0. The maximum absolute atomic E-state index is 4.63. The summed E-state index contributed by atoms with van der Waals surface area (Å²) < 4.78 is 0. The van der Waals surface area contributed by atoms with Crippen molar-refractivity contribution in [2.45, 2.75) is 92.9 Å². The van der Waals surface area contributed by atoms with Crippen LogP contribution in [-0.4, -0.2) is 9.97 Å². The van der Waals surface area contributed by atoms with Crippen molar-refractivity contribution in [3.8, 4) is 11.4 Å². The van der Waals surface area contributed by atoms with Gasteiger partial charge in [0, 0.05) is 31.9 Å². The first kappa shape index (κ1) is 32.1. The SMILES string of the molecule is CC(C)(C)CCCCc1ccc(C=Cc2ccnc(-c3cc(C=Cc4ccc(CCCCC(C)(C)C)s4)ccn3)c2)s1. The van der Waals surface area contributed by atoms with Gasteiger partial charge in [0.1, 0.15) is 0 Å². The zero-order valence-corrected chi connectivity index (χ0v) is 28.1. The molecule has 4 aromatic rings. The van der Waals surface area contributed by atoms with E-state index in [4.69, 9.17) is 0 Å². The lowest BCUT2D eigenvalue weighted by molar-refractivity contribution is 0.360. The number of aromatic nitrogens is 2. The molecule has 4 rings (SSSR count). The van der Waals surface area contributed by atoms with Crippen molar-refractivity contribution >= 4 is 47.0 Å². The second kappa shape index (κ2) is 15.1. The largest absolute Gasteiger partial charge is 0.255 e. The van der Waals surface area contributed by atoms with Crippen LogP contribution in [-0.2, 0) is 12.8 Å². The van der Waals surface area contributed by atoms with Gasteiger partial charge in [-0.15, -0.1) is 22.7 Å². The molecule has 0 atom stereocenters.